The van der Waals surface area contributed by atoms with Gasteiger partial charge in [0.2, 0.25) is 0 Å². The summed E-state index contributed by atoms with van der Waals surface area (Å²) >= 11 is 6.18. The molecular formula is C14H18ClFN2. The quantitative estimate of drug-likeness (QED) is 0.738. The highest BCUT2D eigenvalue weighted by atomic mass is 35.5. The van der Waals surface area contributed by atoms with Gasteiger partial charge in [-0.1, -0.05) is 19.9 Å². The van der Waals surface area contributed by atoms with Crippen LogP contribution in [0.4, 0.5) is 4.39 Å². The van der Waals surface area contributed by atoms with Crippen LogP contribution in [0, 0.1) is 11.7 Å². The van der Waals surface area contributed by atoms with Crippen LogP contribution in [-0.4, -0.2) is 9.55 Å². The van der Waals surface area contributed by atoms with Gasteiger partial charge in [-0.2, -0.15) is 0 Å². The van der Waals surface area contributed by atoms with Crippen LogP contribution >= 0.6 is 11.6 Å². The fraction of sp³-hybridized carbons (Fsp3) is 0.500. The van der Waals surface area contributed by atoms with Crippen LogP contribution in [0.3, 0.4) is 0 Å². The van der Waals surface area contributed by atoms with E-state index in [1.54, 1.807) is 6.07 Å². The smallest absolute Gasteiger partial charge is 0.151 e. The second kappa shape index (κ2) is 4.88. The van der Waals surface area contributed by atoms with Crippen molar-refractivity contribution in [2.75, 3.05) is 0 Å². The van der Waals surface area contributed by atoms with Gasteiger partial charge in [0.1, 0.15) is 11.3 Å². The van der Waals surface area contributed by atoms with Gasteiger partial charge in [0.15, 0.2) is 5.82 Å². The summed E-state index contributed by atoms with van der Waals surface area (Å²) in [4.78, 5) is 4.37. The molecule has 2 nitrogen and oxygen atoms in total. The molecule has 1 heterocycles. The van der Waals surface area contributed by atoms with E-state index in [4.69, 9.17) is 11.6 Å². The Bertz CT molecular complexity index is 560. The van der Waals surface area contributed by atoms with E-state index >= 15 is 0 Å². The van der Waals surface area contributed by atoms with E-state index in [1.807, 2.05) is 13.0 Å². The van der Waals surface area contributed by atoms with Crippen molar-refractivity contribution in [2.24, 2.45) is 5.92 Å². The van der Waals surface area contributed by atoms with Crippen LogP contribution in [-0.2, 0) is 0 Å². The molecule has 2 atom stereocenters. The Kier molecular flexibility index (Phi) is 3.62. The van der Waals surface area contributed by atoms with E-state index in [0.717, 1.165) is 11.3 Å². The summed E-state index contributed by atoms with van der Waals surface area (Å²) < 4.78 is 15.8. The zero-order chi connectivity index (χ0) is 13.4. The first-order valence-corrected chi connectivity index (χ1v) is 6.67. The van der Waals surface area contributed by atoms with Crippen molar-refractivity contribution in [2.45, 2.75) is 39.1 Å². The summed E-state index contributed by atoms with van der Waals surface area (Å²) in [5.74, 6) is 0.874. The molecule has 2 aromatic rings. The van der Waals surface area contributed by atoms with Crippen molar-refractivity contribution in [1.82, 2.24) is 9.55 Å². The van der Waals surface area contributed by atoms with E-state index in [2.05, 4.69) is 30.3 Å². The number of nitrogens with zero attached hydrogens (tertiary/aromatic N) is 2. The lowest BCUT2D eigenvalue weighted by Gasteiger charge is -2.21. The van der Waals surface area contributed by atoms with Gasteiger partial charge in [0.25, 0.3) is 0 Å². The molecule has 0 aliphatic rings. The fourth-order valence-corrected chi connectivity index (χ4v) is 2.26. The van der Waals surface area contributed by atoms with Gasteiger partial charge in [-0.3, -0.25) is 0 Å². The lowest BCUT2D eigenvalue weighted by atomic mass is 10.1. The average molecular weight is 269 g/mol. The number of imidazole rings is 1. The van der Waals surface area contributed by atoms with Crippen LogP contribution in [0.5, 0.6) is 0 Å². The predicted octanol–water partition coefficient (Wildman–Crippen LogP) is 4.69. The highest BCUT2D eigenvalue weighted by Crippen LogP contribution is 2.31. The zero-order valence-corrected chi connectivity index (χ0v) is 11.9. The second-order valence-corrected chi connectivity index (χ2v) is 5.70. The first-order chi connectivity index (χ1) is 8.43. The summed E-state index contributed by atoms with van der Waals surface area (Å²) in [6.07, 6.45) is 0. The molecule has 0 saturated carbocycles. The highest BCUT2D eigenvalue weighted by Gasteiger charge is 2.22. The van der Waals surface area contributed by atoms with E-state index in [1.165, 1.54) is 6.07 Å². The number of para-hydroxylation sites is 1. The Labute approximate surface area is 112 Å². The first kappa shape index (κ1) is 13.3. The second-order valence-electron chi connectivity index (χ2n) is 5.05. The molecule has 4 heteroatoms. The van der Waals surface area contributed by atoms with Crippen molar-refractivity contribution in [1.29, 1.82) is 0 Å². The third kappa shape index (κ3) is 2.12. The van der Waals surface area contributed by atoms with Gasteiger partial charge in [-0.05, 0) is 31.9 Å². The van der Waals surface area contributed by atoms with Crippen LogP contribution in [0.1, 0.15) is 44.9 Å². The van der Waals surface area contributed by atoms with E-state index in [0.29, 0.717) is 11.4 Å². The third-order valence-corrected chi connectivity index (χ3v) is 3.62. The number of rotatable bonds is 3. The van der Waals surface area contributed by atoms with Gasteiger partial charge in [-0.15, -0.1) is 11.6 Å². The number of hydrogen-bond acceptors (Lipinski definition) is 1. The Morgan fingerprint density at radius 2 is 1.89 bits per heavy atom. The molecule has 1 aromatic heterocycles. The predicted molar refractivity (Wildman–Crippen MR) is 73.5 cm³/mol. The summed E-state index contributed by atoms with van der Waals surface area (Å²) in [5, 5.41) is -0.238. The third-order valence-electron chi connectivity index (χ3n) is 3.43. The molecule has 0 saturated heterocycles. The van der Waals surface area contributed by atoms with Gasteiger partial charge in [-0.25, -0.2) is 9.37 Å². The topological polar surface area (TPSA) is 17.8 Å². The number of aromatic nitrogens is 2. The molecule has 0 fully saturated rings. The SMILES string of the molecule is CC(Cl)c1nc2c(F)cccc2n1C(C)C(C)C. The normalized spacial score (nSPS) is 15.3. The van der Waals surface area contributed by atoms with Crippen molar-refractivity contribution in [3.8, 4) is 0 Å². The maximum Gasteiger partial charge on any atom is 0.151 e. The number of fused-ring (bicyclic) bond motifs is 1. The minimum atomic E-state index is -0.291. The Morgan fingerprint density at radius 3 is 2.44 bits per heavy atom. The molecule has 0 N–H and O–H groups in total. The van der Waals surface area contributed by atoms with E-state index in [9.17, 15) is 4.39 Å². The molecule has 0 aliphatic carbocycles. The van der Waals surface area contributed by atoms with Crippen LogP contribution < -0.4 is 0 Å². The Morgan fingerprint density at radius 1 is 1.22 bits per heavy atom. The van der Waals surface area contributed by atoms with Crippen LogP contribution in [0.15, 0.2) is 18.2 Å². The van der Waals surface area contributed by atoms with Crippen LogP contribution in [0.2, 0.25) is 0 Å². The molecular weight excluding hydrogens is 251 g/mol. The van der Waals surface area contributed by atoms with Crippen molar-refractivity contribution < 1.29 is 4.39 Å². The highest BCUT2D eigenvalue weighted by molar-refractivity contribution is 6.20. The van der Waals surface area contributed by atoms with E-state index in [-0.39, 0.29) is 17.2 Å². The fourth-order valence-electron chi connectivity index (χ4n) is 2.11. The molecule has 2 unspecified atom stereocenters. The molecule has 98 valence electrons. The van der Waals surface area contributed by atoms with Gasteiger partial charge in [0, 0.05) is 6.04 Å². The zero-order valence-electron chi connectivity index (χ0n) is 11.1. The largest absolute Gasteiger partial charge is 0.324 e. The summed E-state index contributed by atoms with van der Waals surface area (Å²) in [7, 11) is 0. The molecule has 0 bridgehead atoms. The molecule has 0 amide bonds. The first-order valence-electron chi connectivity index (χ1n) is 6.24. The minimum Gasteiger partial charge on any atom is -0.324 e. The van der Waals surface area contributed by atoms with Crippen molar-refractivity contribution in [3.05, 3.63) is 29.8 Å². The number of hydrogen-bond donors (Lipinski definition) is 0. The Hall–Kier alpha value is -1.09. The minimum absolute atomic E-state index is 0.230. The maximum absolute atomic E-state index is 13.8. The van der Waals surface area contributed by atoms with Crippen molar-refractivity contribution in [3.63, 3.8) is 0 Å². The number of benzene rings is 1. The standard InChI is InChI=1S/C14H18ClFN2/c1-8(2)10(4)18-12-7-5-6-11(16)13(12)17-14(18)9(3)15/h5-10H,1-4H3. The maximum atomic E-state index is 13.8. The summed E-state index contributed by atoms with van der Waals surface area (Å²) in [6.45, 7) is 8.25. The number of halogens is 2. The van der Waals surface area contributed by atoms with Gasteiger partial charge < -0.3 is 4.57 Å². The monoisotopic (exact) mass is 268 g/mol. The molecule has 2 rings (SSSR count). The molecule has 0 radical (unpaired) electrons. The summed E-state index contributed by atoms with van der Waals surface area (Å²) in [6, 6.07) is 5.27. The molecule has 1 aromatic carbocycles. The van der Waals surface area contributed by atoms with Gasteiger partial charge in [0.05, 0.1) is 10.9 Å². The lowest BCUT2D eigenvalue weighted by Crippen LogP contribution is -2.14. The average Bonchev–Trinajstić information content (AvgIpc) is 2.68. The van der Waals surface area contributed by atoms with Gasteiger partial charge >= 0.3 is 0 Å². The number of alkyl halides is 1. The Balaban J connectivity index is 2.75. The molecule has 0 aliphatic heterocycles. The van der Waals surface area contributed by atoms with Crippen molar-refractivity contribution >= 4 is 22.6 Å². The molecule has 0 spiro atoms. The van der Waals surface area contributed by atoms with E-state index < -0.39 is 0 Å². The lowest BCUT2D eigenvalue weighted by molar-refractivity contribution is 0.405. The summed E-state index contributed by atoms with van der Waals surface area (Å²) in [5.41, 5.74) is 1.23. The molecule has 18 heavy (non-hydrogen) atoms. The van der Waals surface area contributed by atoms with Crippen LogP contribution in [0.25, 0.3) is 11.0 Å².